The first-order chi connectivity index (χ1) is 14.4. The highest BCUT2D eigenvalue weighted by Crippen LogP contribution is 2.33. The van der Waals surface area contributed by atoms with Gasteiger partial charge in [0.1, 0.15) is 0 Å². The molecule has 0 saturated carbocycles. The Hall–Kier alpha value is -2.51. The van der Waals surface area contributed by atoms with Gasteiger partial charge in [0.05, 0.1) is 10.8 Å². The number of benzene rings is 2. The van der Waals surface area contributed by atoms with Crippen molar-refractivity contribution in [2.45, 2.75) is 37.0 Å². The Morgan fingerprint density at radius 3 is 2.27 bits per heavy atom. The maximum Gasteiger partial charge on any atom is 0.243 e. The highest BCUT2D eigenvalue weighted by atomic mass is 32.2. The summed E-state index contributed by atoms with van der Waals surface area (Å²) >= 11 is 0. The predicted octanol–water partition coefficient (Wildman–Crippen LogP) is 2.84. The van der Waals surface area contributed by atoms with Crippen molar-refractivity contribution in [1.82, 2.24) is 9.21 Å². The molecule has 0 N–H and O–H groups in total. The van der Waals surface area contributed by atoms with Crippen LogP contribution in [0.2, 0.25) is 0 Å². The van der Waals surface area contributed by atoms with Crippen molar-refractivity contribution in [3.8, 4) is 0 Å². The molecule has 0 spiro atoms. The van der Waals surface area contributed by atoms with E-state index in [-0.39, 0.29) is 35.6 Å². The van der Waals surface area contributed by atoms with Gasteiger partial charge < -0.3 is 4.90 Å². The number of aryl methyl sites for hydroxylation is 1. The second kappa shape index (κ2) is 8.32. The van der Waals surface area contributed by atoms with Gasteiger partial charge in [-0.15, -0.1) is 0 Å². The lowest BCUT2D eigenvalue weighted by Crippen LogP contribution is -2.51. The standard InChI is InChI=1S/C23H26N2O4S/c1-17(26)18-9-11-20(12-10-18)30(28,29)25-15-13-24(14-16-25)23(27)22-8-4-6-19-5-2-3-7-21(19)22/h2-3,5,7,9-12,22H,4,6,8,13-16H2,1H3/t22-/m0/s1. The van der Waals surface area contributed by atoms with Crippen LogP contribution in [0, 0.1) is 0 Å². The molecular formula is C23H26N2O4S. The maximum atomic E-state index is 13.2. The van der Waals surface area contributed by atoms with E-state index >= 15 is 0 Å². The first-order valence-corrected chi connectivity index (χ1v) is 11.8. The number of piperazine rings is 1. The largest absolute Gasteiger partial charge is 0.340 e. The summed E-state index contributed by atoms with van der Waals surface area (Å²) in [5, 5.41) is 0. The summed E-state index contributed by atoms with van der Waals surface area (Å²) in [5.74, 6) is -0.127. The zero-order chi connectivity index (χ0) is 21.3. The van der Waals surface area contributed by atoms with Crippen LogP contribution in [0.3, 0.4) is 0 Å². The molecule has 7 heteroatoms. The third-order valence-corrected chi connectivity index (χ3v) is 8.03. The Morgan fingerprint density at radius 2 is 1.60 bits per heavy atom. The molecular weight excluding hydrogens is 400 g/mol. The molecule has 1 heterocycles. The fraction of sp³-hybridized carbons (Fsp3) is 0.391. The average molecular weight is 427 g/mol. The van der Waals surface area contributed by atoms with Crippen molar-refractivity contribution >= 4 is 21.7 Å². The summed E-state index contributed by atoms with van der Waals surface area (Å²) in [4.78, 5) is 26.6. The molecule has 1 aliphatic heterocycles. The zero-order valence-corrected chi connectivity index (χ0v) is 17.9. The molecule has 1 amide bonds. The lowest BCUT2D eigenvalue weighted by Gasteiger charge is -2.37. The molecule has 2 aromatic rings. The van der Waals surface area contributed by atoms with Crippen LogP contribution >= 0.6 is 0 Å². The van der Waals surface area contributed by atoms with Crippen LogP contribution in [0.25, 0.3) is 0 Å². The fourth-order valence-electron chi connectivity index (χ4n) is 4.39. The number of fused-ring (bicyclic) bond motifs is 1. The highest BCUT2D eigenvalue weighted by molar-refractivity contribution is 7.89. The van der Waals surface area contributed by atoms with Gasteiger partial charge in [-0.05, 0) is 49.4 Å². The van der Waals surface area contributed by atoms with E-state index in [9.17, 15) is 18.0 Å². The van der Waals surface area contributed by atoms with Gasteiger partial charge in [-0.25, -0.2) is 8.42 Å². The lowest BCUT2D eigenvalue weighted by atomic mass is 9.82. The summed E-state index contributed by atoms with van der Waals surface area (Å²) in [5.41, 5.74) is 2.85. The van der Waals surface area contributed by atoms with Gasteiger partial charge in [-0.2, -0.15) is 4.31 Å². The number of amides is 1. The molecule has 1 aliphatic carbocycles. The van der Waals surface area contributed by atoms with E-state index in [1.165, 1.54) is 41.1 Å². The molecule has 158 valence electrons. The van der Waals surface area contributed by atoms with Crippen molar-refractivity contribution in [1.29, 1.82) is 0 Å². The van der Waals surface area contributed by atoms with Crippen LogP contribution in [0.4, 0.5) is 0 Å². The predicted molar refractivity (Wildman–Crippen MR) is 114 cm³/mol. The number of nitrogens with zero attached hydrogens (tertiary/aromatic N) is 2. The highest BCUT2D eigenvalue weighted by Gasteiger charge is 2.34. The van der Waals surface area contributed by atoms with Gasteiger partial charge in [0, 0.05) is 31.7 Å². The van der Waals surface area contributed by atoms with Crippen LogP contribution in [-0.2, 0) is 21.2 Å². The third kappa shape index (κ3) is 3.91. The van der Waals surface area contributed by atoms with Gasteiger partial charge in [-0.1, -0.05) is 36.4 Å². The molecule has 30 heavy (non-hydrogen) atoms. The molecule has 2 aromatic carbocycles. The van der Waals surface area contributed by atoms with Crippen molar-refractivity contribution < 1.29 is 18.0 Å². The number of carbonyl (C=O) groups excluding carboxylic acids is 2. The zero-order valence-electron chi connectivity index (χ0n) is 17.1. The Labute approximate surface area is 177 Å². The van der Waals surface area contributed by atoms with Gasteiger partial charge in [0.2, 0.25) is 15.9 Å². The quantitative estimate of drug-likeness (QED) is 0.705. The van der Waals surface area contributed by atoms with Crippen molar-refractivity contribution in [2.75, 3.05) is 26.2 Å². The van der Waals surface area contributed by atoms with E-state index < -0.39 is 10.0 Å². The minimum Gasteiger partial charge on any atom is -0.340 e. The second-order valence-electron chi connectivity index (χ2n) is 7.95. The summed E-state index contributed by atoms with van der Waals surface area (Å²) in [6.45, 7) is 2.78. The first kappa shape index (κ1) is 20.8. The van der Waals surface area contributed by atoms with E-state index in [1.54, 1.807) is 4.90 Å². The Bertz CT molecular complexity index is 1050. The molecule has 0 radical (unpaired) electrons. The SMILES string of the molecule is CC(=O)c1ccc(S(=O)(=O)N2CCN(C(=O)[C@H]3CCCc4ccccc43)CC2)cc1. The number of hydrogen-bond acceptors (Lipinski definition) is 4. The molecule has 1 atom stereocenters. The van der Waals surface area contributed by atoms with Gasteiger partial charge in [0.15, 0.2) is 5.78 Å². The molecule has 1 saturated heterocycles. The molecule has 0 aromatic heterocycles. The van der Waals surface area contributed by atoms with E-state index in [1.807, 2.05) is 18.2 Å². The van der Waals surface area contributed by atoms with Crippen LogP contribution in [-0.4, -0.2) is 55.5 Å². The molecule has 2 aliphatic rings. The van der Waals surface area contributed by atoms with Gasteiger partial charge >= 0.3 is 0 Å². The number of sulfonamides is 1. The van der Waals surface area contributed by atoms with Crippen LogP contribution in [0.15, 0.2) is 53.4 Å². The smallest absolute Gasteiger partial charge is 0.243 e. The monoisotopic (exact) mass is 426 g/mol. The number of ketones is 1. The minimum absolute atomic E-state index is 0.102. The molecule has 0 unspecified atom stereocenters. The number of Topliss-reactive ketones (excluding diaryl/α,β-unsaturated/α-hetero) is 1. The van der Waals surface area contributed by atoms with Crippen molar-refractivity contribution in [3.05, 3.63) is 65.2 Å². The van der Waals surface area contributed by atoms with E-state index in [4.69, 9.17) is 0 Å². The first-order valence-electron chi connectivity index (χ1n) is 10.4. The Balaban J connectivity index is 1.44. The van der Waals surface area contributed by atoms with E-state index in [0.29, 0.717) is 18.7 Å². The number of rotatable bonds is 4. The minimum atomic E-state index is -3.64. The average Bonchev–Trinajstić information content (AvgIpc) is 2.78. The Kier molecular flexibility index (Phi) is 5.75. The summed E-state index contributed by atoms with van der Waals surface area (Å²) in [6, 6.07) is 14.2. The second-order valence-corrected chi connectivity index (χ2v) is 9.89. The van der Waals surface area contributed by atoms with Crippen molar-refractivity contribution in [3.63, 3.8) is 0 Å². The van der Waals surface area contributed by atoms with Crippen LogP contribution in [0.5, 0.6) is 0 Å². The molecule has 1 fully saturated rings. The maximum absolute atomic E-state index is 13.2. The van der Waals surface area contributed by atoms with Gasteiger partial charge in [0.25, 0.3) is 0 Å². The van der Waals surface area contributed by atoms with Gasteiger partial charge in [-0.3, -0.25) is 9.59 Å². The van der Waals surface area contributed by atoms with E-state index in [2.05, 4.69) is 6.07 Å². The topological polar surface area (TPSA) is 74.8 Å². The van der Waals surface area contributed by atoms with Crippen LogP contribution < -0.4 is 0 Å². The van der Waals surface area contributed by atoms with Crippen molar-refractivity contribution in [2.24, 2.45) is 0 Å². The molecule has 4 rings (SSSR count). The fourth-order valence-corrected chi connectivity index (χ4v) is 5.81. The normalized spacial score (nSPS) is 19.9. The molecule has 0 bridgehead atoms. The Morgan fingerprint density at radius 1 is 0.933 bits per heavy atom. The summed E-state index contributed by atoms with van der Waals surface area (Å²) < 4.78 is 27.3. The summed E-state index contributed by atoms with van der Waals surface area (Å²) in [6.07, 6.45) is 2.85. The third-order valence-electron chi connectivity index (χ3n) is 6.12. The summed E-state index contributed by atoms with van der Waals surface area (Å²) in [7, 11) is -3.64. The van der Waals surface area contributed by atoms with E-state index in [0.717, 1.165) is 24.8 Å². The lowest BCUT2D eigenvalue weighted by molar-refractivity contribution is -0.134. The number of hydrogen-bond donors (Lipinski definition) is 0. The van der Waals surface area contributed by atoms with Crippen LogP contribution in [0.1, 0.15) is 47.2 Å². The number of carbonyl (C=O) groups is 2. The molecule has 6 nitrogen and oxygen atoms in total.